The summed E-state index contributed by atoms with van der Waals surface area (Å²) in [4.78, 5) is 33.5. The van der Waals surface area contributed by atoms with Gasteiger partial charge in [-0.25, -0.2) is 4.98 Å². The quantitative estimate of drug-likeness (QED) is 0.105. The first-order valence-electron chi connectivity index (χ1n) is 14.0. The van der Waals surface area contributed by atoms with Gasteiger partial charge in [0.2, 0.25) is 0 Å². The Hall–Kier alpha value is -4.17. The van der Waals surface area contributed by atoms with E-state index in [0.29, 0.717) is 35.0 Å². The monoisotopic (exact) mass is 568 g/mol. The van der Waals surface area contributed by atoms with Crippen LogP contribution in [0, 0.1) is 6.92 Å². The maximum absolute atomic E-state index is 13.7. The number of Topliss-reactive ketones (excluding diaryl/α,β-unsaturated/α-hetero) is 1. The van der Waals surface area contributed by atoms with Crippen molar-refractivity contribution in [3.63, 3.8) is 0 Å². The molecule has 1 fully saturated rings. The van der Waals surface area contributed by atoms with Gasteiger partial charge in [-0.2, -0.15) is 0 Å². The summed E-state index contributed by atoms with van der Waals surface area (Å²) in [7, 11) is 0. The predicted molar refractivity (Wildman–Crippen MR) is 161 cm³/mol. The van der Waals surface area contributed by atoms with Crippen molar-refractivity contribution in [3.05, 3.63) is 88.5 Å². The smallest absolute Gasteiger partial charge is 0.301 e. The number of aromatic nitrogens is 1. The van der Waals surface area contributed by atoms with Crippen molar-refractivity contribution in [3.8, 4) is 11.5 Å². The molecule has 0 bridgehead atoms. The molecule has 2 aliphatic heterocycles. The highest BCUT2D eigenvalue weighted by molar-refractivity contribution is 7.22. The summed E-state index contributed by atoms with van der Waals surface area (Å²) >= 11 is 1.35. The molecule has 2 unspecified atom stereocenters. The summed E-state index contributed by atoms with van der Waals surface area (Å²) in [5.74, 6) is -0.275. The summed E-state index contributed by atoms with van der Waals surface area (Å²) in [5.41, 5.74) is 3.94. The molecule has 0 aliphatic carbocycles. The number of aryl methyl sites for hydroxylation is 1. The molecule has 210 valence electrons. The maximum atomic E-state index is 13.7. The lowest BCUT2D eigenvalue weighted by Gasteiger charge is -2.23. The van der Waals surface area contributed by atoms with Gasteiger partial charge in [0.05, 0.1) is 28.4 Å². The van der Waals surface area contributed by atoms with Crippen LogP contribution in [0.15, 0.2) is 66.2 Å². The fourth-order valence-electron chi connectivity index (χ4n) is 5.51. The first-order valence-corrected chi connectivity index (χ1v) is 14.9. The van der Waals surface area contributed by atoms with Gasteiger partial charge in [0.1, 0.15) is 23.4 Å². The standard InChI is InChI=1S/C33H32N2O5S/c1-4-5-6-14-39-24-9-7-8-21(18-24)29-28(30(36)22-11-13-26-23(17-22)16-20(3)40-26)31(37)32(38)35(29)33-34-25-12-10-19(2)15-27(25)41-33/h7-13,15,17-18,20,29,36H,4-6,14,16H2,1-3H3/b30-28+. The number of hydrogen-bond acceptors (Lipinski definition) is 7. The van der Waals surface area contributed by atoms with Crippen molar-refractivity contribution >= 4 is 44.1 Å². The summed E-state index contributed by atoms with van der Waals surface area (Å²) in [6.07, 6.45) is 3.84. The minimum Gasteiger partial charge on any atom is -0.507 e. The second-order valence-electron chi connectivity index (χ2n) is 10.7. The van der Waals surface area contributed by atoms with Gasteiger partial charge in [0.25, 0.3) is 5.78 Å². The number of carbonyl (C=O) groups is 2. The van der Waals surface area contributed by atoms with E-state index in [9.17, 15) is 14.7 Å². The Morgan fingerprint density at radius 3 is 2.80 bits per heavy atom. The van der Waals surface area contributed by atoms with Crippen molar-refractivity contribution in [2.24, 2.45) is 0 Å². The SMILES string of the molecule is CCCCCOc1cccc(C2/C(=C(\O)c3ccc4c(c3)CC(C)O4)C(=O)C(=O)N2c2nc3ccc(C)cc3s2)c1. The second-order valence-corrected chi connectivity index (χ2v) is 11.7. The number of unbranched alkanes of at least 4 members (excludes halogenated alkanes) is 2. The number of ether oxygens (including phenoxy) is 2. The van der Waals surface area contributed by atoms with E-state index in [1.807, 2.05) is 62.4 Å². The molecule has 1 aromatic heterocycles. The first-order chi connectivity index (χ1) is 19.8. The van der Waals surface area contributed by atoms with Crippen LogP contribution in [0.2, 0.25) is 0 Å². The molecule has 1 saturated heterocycles. The molecule has 2 aliphatic rings. The van der Waals surface area contributed by atoms with Gasteiger partial charge >= 0.3 is 5.91 Å². The minimum atomic E-state index is -0.876. The fraction of sp³-hybridized carbons (Fsp3) is 0.303. The molecule has 3 aromatic carbocycles. The molecular formula is C33H32N2O5S. The second kappa shape index (κ2) is 11.0. The number of thiazole rings is 1. The number of nitrogens with zero attached hydrogens (tertiary/aromatic N) is 2. The zero-order valence-electron chi connectivity index (χ0n) is 23.3. The number of hydrogen-bond donors (Lipinski definition) is 1. The number of ketones is 1. The van der Waals surface area contributed by atoms with Gasteiger partial charge in [-0.1, -0.05) is 49.3 Å². The van der Waals surface area contributed by atoms with Crippen LogP contribution in [0.25, 0.3) is 16.0 Å². The van der Waals surface area contributed by atoms with Crippen LogP contribution in [-0.2, 0) is 16.0 Å². The summed E-state index contributed by atoms with van der Waals surface area (Å²) in [6.45, 7) is 6.70. The largest absolute Gasteiger partial charge is 0.507 e. The molecule has 3 heterocycles. The number of anilines is 1. The number of amides is 1. The molecule has 6 rings (SSSR count). The van der Waals surface area contributed by atoms with Crippen molar-refractivity contribution in [1.82, 2.24) is 4.98 Å². The molecule has 0 radical (unpaired) electrons. The molecular weight excluding hydrogens is 536 g/mol. The first kappa shape index (κ1) is 27.0. The summed E-state index contributed by atoms with van der Waals surface area (Å²) in [5, 5.41) is 12.0. The Morgan fingerprint density at radius 1 is 1.12 bits per heavy atom. The minimum absolute atomic E-state index is 0.0282. The normalized spacial score (nSPS) is 19.5. The van der Waals surface area contributed by atoms with E-state index in [1.165, 1.54) is 16.2 Å². The third-order valence-electron chi connectivity index (χ3n) is 7.54. The number of carbonyl (C=O) groups excluding carboxylic acids is 2. The van der Waals surface area contributed by atoms with Gasteiger partial charge in [-0.05, 0) is 79.4 Å². The molecule has 1 N–H and O–H groups in total. The third-order valence-corrected chi connectivity index (χ3v) is 8.56. The van der Waals surface area contributed by atoms with Gasteiger partial charge in [0, 0.05) is 12.0 Å². The molecule has 1 amide bonds. The van der Waals surface area contributed by atoms with Crippen molar-refractivity contribution in [2.45, 2.75) is 58.6 Å². The van der Waals surface area contributed by atoms with Crippen molar-refractivity contribution < 1.29 is 24.2 Å². The Labute approximate surface area is 243 Å². The average molecular weight is 569 g/mol. The highest BCUT2D eigenvalue weighted by Crippen LogP contribution is 2.45. The molecule has 0 spiro atoms. The highest BCUT2D eigenvalue weighted by atomic mass is 32.1. The van der Waals surface area contributed by atoms with E-state index in [2.05, 4.69) is 6.92 Å². The van der Waals surface area contributed by atoms with Crippen LogP contribution in [0.1, 0.15) is 61.4 Å². The summed E-state index contributed by atoms with van der Waals surface area (Å²) in [6, 6.07) is 17.8. The topological polar surface area (TPSA) is 89.0 Å². The Bertz CT molecular complexity index is 1690. The third kappa shape index (κ3) is 5.08. The number of fused-ring (bicyclic) bond motifs is 2. The van der Waals surface area contributed by atoms with E-state index < -0.39 is 17.7 Å². The average Bonchev–Trinajstić information content (AvgIpc) is 3.62. The van der Waals surface area contributed by atoms with E-state index in [4.69, 9.17) is 14.5 Å². The molecule has 0 saturated carbocycles. The van der Waals surface area contributed by atoms with Crippen molar-refractivity contribution in [2.75, 3.05) is 11.5 Å². The van der Waals surface area contributed by atoms with Crippen LogP contribution in [0.3, 0.4) is 0 Å². The van der Waals surface area contributed by atoms with Crippen LogP contribution in [0.4, 0.5) is 5.13 Å². The molecule has 7 nitrogen and oxygen atoms in total. The number of aliphatic hydroxyl groups is 1. The summed E-state index contributed by atoms with van der Waals surface area (Å²) < 4.78 is 12.7. The molecule has 4 aromatic rings. The lowest BCUT2D eigenvalue weighted by Crippen LogP contribution is -2.29. The predicted octanol–water partition coefficient (Wildman–Crippen LogP) is 7.12. The van der Waals surface area contributed by atoms with E-state index in [0.717, 1.165) is 46.4 Å². The highest BCUT2D eigenvalue weighted by Gasteiger charge is 2.48. The van der Waals surface area contributed by atoms with Gasteiger partial charge in [0.15, 0.2) is 5.13 Å². The van der Waals surface area contributed by atoms with Crippen LogP contribution >= 0.6 is 11.3 Å². The van der Waals surface area contributed by atoms with Crippen LogP contribution < -0.4 is 14.4 Å². The molecule has 2 atom stereocenters. The lowest BCUT2D eigenvalue weighted by molar-refractivity contribution is -0.132. The van der Waals surface area contributed by atoms with Crippen LogP contribution in [0.5, 0.6) is 11.5 Å². The Balaban J connectivity index is 1.47. The molecule has 41 heavy (non-hydrogen) atoms. The van der Waals surface area contributed by atoms with Gasteiger partial charge < -0.3 is 14.6 Å². The Morgan fingerprint density at radius 2 is 1.98 bits per heavy atom. The Kier molecular flexibility index (Phi) is 7.26. The zero-order chi connectivity index (χ0) is 28.7. The number of aliphatic hydroxyl groups excluding tert-OH is 1. The number of rotatable bonds is 8. The van der Waals surface area contributed by atoms with Crippen molar-refractivity contribution in [1.29, 1.82) is 0 Å². The van der Waals surface area contributed by atoms with E-state index in [-0.39, 0.29) is 17.4 Å². The number of benzene rings is 3. The lowest BCUT2D eigenvalue weighted by atomic mass is 9.94. The van der Waals surface area contributed by atoms with Crippen LogP contribution in [-0.4, -0.2) is 34.5 Å². The fourth-order valence-corrected chi connectivity index (χ4v) is 6.60. The maximum Gasteiger partial charge on any atom is 0.301 e. The van der Waals surface area contributed by atoms with Gasteiger partial charge in [-0.15, -0.1) is 0 Å². The van der Waals surface area contributed by atoms with E-state index in [1.54, 1.807) is 12.1 Å². The molecule has 8 heteroatoms. The van der Waals surface area contributed by atoms with E-state index >= 15 is 0 Å². The zero-order valence-corrected chi connectivity index (χ0v) is 24.2. The van der Waals surface area contributed by atoms with Gasteiger partial charge in [-0.3, -0.25) is 14.5 Å².